The maximum absolute atomic E-state index is 12.2. The molecular formula is C18H24N4O2. The van der Waals surface area contributed by atoms with Gasteiger partial charge < -0.3 is 9.64 Å². The Bertz CT molecular complexity index is 732. The summed E-state index contributed by atoms with van der Waals surface area (Å²) in [6, 6.07) is 8.14. The molecule has 0 spiro atoms. The molecule has 1 fully saturated rings. The van der Waals surface area contributed by atoms with Crippen LogP contribution in [0.1, 0.15) is 43.0 Å². The Morgan fingerprint density at radius 1 is 1.33 bits per heavy atom. The standard InChI is InChI=1S/C18H24N4O2/c1-12(2)15-6-5-7-17(8-15)24-11-18(23)21-9-16(10-21)22-14(4)19-13(3)20-22/h5-8,12,16H,9-11H2,1-4H3. The molecule has 1 aromatic carbocycles. The van der Waals surface area contributed by atoms with Crippen LogP contribution >= 0.6 is 0 Å². The van der Waals surface area contributed by atoms with Gasteiger partial charge in [-0.3, -0.25) is 4.79 Å². The molecule has 0 bridgehead atoms. The van der Waals surface area contributed by atoms with Crippen LogP contribution in [0.25, 0.3) is 0 Å². The van der Waals surface area contributed by atoms with E-state index in [0.717, 1.165) is 17.4 Å². The molecule has 1 aliphatic heterocycles. The van der Waals surface area contributed by atoms with E-state index in [0.29, 0.717) is 19.0 Å². The van der Waals surface area contributed by atoms with Crippen LogP contribution in [0.15, 0.2) is 24.3 Å². The van der Waals surface area contributed by atoms with Crippen LogP contribution in [0.4, 0.5) is 0 Å². The zero-order valence-electron chi connectivity index (χ0n) is 14.7. The highest BCUT2D eigenvalue weighted by molar-refractivity contribution is 5.78. The van der Waals surface area contributed by atoms with Gasteiger partial charge in [-0.2, -0.15) is 5.10 Å². The van der Waals surface area contributed by atoms with Gasteiger partial charge in [0.2, 0.25) is 0 Å². The molecule has 128 valence electrons. The first-order chi connectivity index (χ1) is 11.4. The molecule has 0 aliphatic carbocycles. The molecule has 6 heteroatoms. The zero-order valence-corrected chi connectivity index (χ0v) is 14.7. The summed E-state index contributed by atoms with van der Waals surface area (Å²) < 4.78 is 7.57. The van der Waals surface area contributed by atoms with Crippen molar-refractivity contribution in [1.82, 2.24) is 19.7 Å². The fraction of sp³-hybridized carbons (Fsp3) is 0.500. The van der Waals surface area contributed by atoms with E-state index in [-0.39, 0.29) is 18.6 Å². The third-order valence-electron chi connectivity index (χ3n) is 4.36. The molecule has 1 amide bonds. The molecule has 2 heterocycles. The second-order valence-electron chi connectivity index (χ2n) is 6.62. The van der Waals surface area contributed by atoms with Gasteiger partial charge >= 0.3 is 0 Å². The van der Waals surface area contributed by atoms with Crippen LogP contribution in [0.5, 0.6) is 5.75 Å². The first-order valence-corrected chi connectivity index (χ1v) is 8.34. The molecular weight excluding hydrogens is 304 g/mol. The number of hydrogen-bond acceptors (Lipinski definition) is 4. The van der Waals surface area contributed by atoms with Gasteiger partial charge in [-0.25, -0.2) is 9.67 Å². The van der Waals surface area contributed by atoms with Gasteiger partial charge in [0, 0.05) is 13.1 Å². The number of amides is 1. The Morgan fingerprint density at radius 2 is 2.08 bits per heavy atom. The summed E-state index contributed by atoms with van der Waals surface area (Å²) >= 11 is 0. The molecule has 0 N–H and O–H groups in total. The van der Waals surface area contributed by atoms with Crippen LogP contribution in [-0.2, 0) is 4.79 Å². The van der Waals surface area contributed by atoms with E-state index in [1.807, 2.05) is 36.7 Å². The second kappa shape index (κ2) is 6.63. The van der Waals surface area contributed by atoms with Gasteiger partial charge in [0.15, 0.2) is 6.61 Å². The molecule has 1 aliphatic rings. The molecule has 3 rings (SSSR count). The van der Waals surface area contributed by atoms with Gasteiger partial charge in [0.05, 0.1) is 6.04 Å². The minimum Gasteiger partial charge on any atom is -0.484 e. The summed E-state index contributed by atoms with van der Waals surface area (Å²) in [6.45, 7) is 9.50. The number of carbonyl (C=O) groups is 1. The van der Waals surface area contributed by atoms with E-state index in [2.05, 4.69) is 30.0 Å². The van der Waals surface area contributed by atoms with Gasteiger partial charge in [0.1, 0.15) is 17.4 Å². The highest BCUT2D eigenvalue weighted by atomic mass is 16.5. The largest absolute Gasteiger partial charge is 0.484 e. The van der Waals surface area contributed by atoms with E-state index in [1.165, 1.54) is 5.56 Å². The monoisotopic (exact) mass is 328 g/mol. The first kappa shape index (κ1) is 16.5. The predicted molar refractivity (Wildman–Crippen MR) is 91.1 cm³/mol. The Kier molecular flexibility index (Phi) is 4.55. The van der Waals surface area contributed by atoms with Crippen LogP contribution < -0.4 is 4.74 Å². The Hall–Kier alpha value is -2.37. The molecule has 0 radical (unpaired) electrons. The van der Waals surface area contributed by atoms with Crippen LogP contribution in [0.3, 0.4) is 0 Å². The number of nitrogens with zero attached hydrogens (tertiary/aromatic N) is 4. The molecule has 24 heavy (non-hydrogen) atoms. The number of rotatable bonds is 5. The molecule has 1 aromatic heterocycles. The van der Waals surface area contributed by atoms with E-state index in [4.69, 9.17) is 4.74 Å². The lowest BCUT2D eigenvalue weighted by atomic mass is 10.0. The van der Waals surface area contributed by atoms with Crippen molar-refractivity contribution in [2.75, 3.05) is 19.7 Å². The van der Waals surface area contributed by atoms with Crippen molar-refractivity contribution in [3.05, 3.63) is 41.5 Å². The van der Waals surface area contributed by atoms with Crippen molar-refractivity contribution in [1.29, 1.82) is 0 Å². The van der Waals surface area contributed by atoms with Crippen molar-refractivity contribution in [3.8, 4) is 5.75 Å². The summed E-state index contributed by atoms with van der Waals surface area (Å²) in [5.41, 5.74) is 1.21. The number of aromatic nitrogens is 3. The number of carbonyl (C=O) groups excluding carboxylic acids is 1. The predicted octanol–water partition coefficient (Wildman–Crippen LogP) is 2.48. The number of hydrogen-bond donors (Lipinski definition) is 0. The van der Waals surface area contributed by atoms with Crippen LogP contribution in [0.2, 0.25) is 0 Å². The summed E-state index contributed by atoms with van der Waals surface area (Å²) in [5.74, 6) is 2.86. The average molecular weight is 328 g/mol. The fourth-order valence-corrected chi connectivity index (χ4v) is 2.90. The molecule has 0 atom stereocenters. The fourth-order valence-electron chi connectivity index (χ4n) is 2.90. The van der Waals surface area contributed by atoms with E-state index in [9.17, 15) is 4.79 Å². The average Bonchev–Trinajstić information content (AvgIpc) is 2.82. The Morgan fingerprint density at radius 3 is 2.71 bits per heavy atom. The van der Waals surface area contributed by atoms with Crippen LogP contribution in [0, 0.1) is 13.8 Å². The van der Waals surface area contributed by atoms with Gasteiger partial charge in [-0.05, 0) is 37.5 Å². The number of ether oxygens (including phenoxy) is 1. The minimum absolute atomic E-state index is 0.00990. The quantitative estimate of drug-likeness (QED) is 0.846. The summed E-state index contributed by atoms with van der Waals surface area (Å²) in [7, 11) is 0. The topological polar surface area (TPSA) is 60.2 Å². The van der Waals surface area contributed by atoms with Gasteiger partial charge in [-0.1, -0.05) is 26.0 Å². The van der Waals surface area contributed by atoms with Gasteiger partial charge in [0.25, 0.3) is 5.91 Å². The number of benzene rings is 1. The third kappa shape index (κ3) is 3.42. The van der Waals surface area contributed by atoms with E-state index in [1.54, 1.807) is 4.90 Å². The van der Waals surface area contributed by atoms with Crippen molar-refractivity contribution < 1.29 is 9.53 Å². The molecule has 1 saturated heterocycles. The lowest BCUT2D eigenvalue weighted by Crippen LogP contribution is -2.52. The summed E-state index contributed by atoms with van der Waals surface area (Å²) in [4.78, 5) is 18.3. The first-order valence-electron chi connectivity index (χ1n) is 8.34. The van der Waals surface area contributed by atoms with Gasteiger partial charge in [-0.15, -0.1) is 0 Å². The molecule has 0 unspecified atom stereocenters. The smallest absolute Gasteiger partial charge is 0.260 e. The number of likely N-dealkylation sites (tertiary alicyclic amines) is 1. The van der Waals surface area contributed by atoms with Crippen molar-refractivity contribution >= 4 is 5.91 Å². The third-order valence-corrected chi connectivity index (χ3v) is 4.36. The second-order valence-corrected chi connectivity index (χ2v) is 6.62. The highest BCUT2D eigenvalue weighted by Crippen LogP contribution is 2.23. The lowest BCUT2D eigenvalue weighted by molar-refractivity contribution is -0.139. The zero-order chi connectivity index (χ0) is 17.3. The van der Waals surface area contributed by atoms with E-state index >= 15 is 0 Å². The Labute approximate surface area is 142 Å². The van der Waals surface area contributed by atoms with E-state index < -0.39 is 0 Å². The van der Waals surface area contributed by atoms with Crippen molar-refractivity contribution in [3.63, 3.8) is 0 Å². The SMILES string of the molecule is Cc1nc(C)n(C2CN(C(=O)COc3cccc(C(C)C)c3)C2)n1. The lowest BCUT2D eigenvalue weighted by Gasteiger charge is -2.39. The highest BCUT2D eigenvalue weighted by Gasteiger charge is 2.33. The molecule has 2 aromatic rings. The maximum Gasteiger partial charge on any atom is 0.260 e. The Balaban J connectivity index is 1.50. The minimum atomic E-state index is 0.00990. The number of aryl methyl sites for hydroxylation is 2. The molecule has 6 nitrogen and oxygen atoms in total. The summed E-state index contributed by atoms with van der Waals surface area (Å²) in [5, 5.41) is 4.38. The van der Waals surface area contributed by atoms with Crippen LogP contribution in [-0.4, -0.2) is 45.3 Å². The maximum atomic E-state index is 12.2. The molecule has 0 saturated carbocycles. The van der Waals surface area contributed by atoms with Crippen molar-refractivity contribution in [2.45, 2.75) is 39.7 Å². The normalized spacial score (nSPS) is 14.8. The summed E-state index contributed by atoms with van der Waals surface area (Å²) in [6.07, 6.45) is 0. The van der Waals surface area contributed by atoms with Crippen molar-refractivity contribution in [2.24, 2.45) is 0 Å².